The molecule has 0 unspecified atom stereocenters. The number of aryl methyl sites for hydroxylation is 1. The Labute approximate surface area is 94.4 Å². The molecule has 0 fully saturated rings. The van der Waals surface area contributed by atoms with Crippen molar-refractivity contribution in [3.8, 4) is 0 Å². The molecule has 8 heteroatoms. The summed E-state index contributed by atoms with van der Waals surface area (Å²) in [5, 5.41) is 10.5. The molecule has 0 N–H and O–H groups in total. The third kappa shape index (κ3) is 2.52. The van der Waals surface area contributed by atoms with Gasteiger partial charge in [-0.3, -0.25) is 0 Å². The Morgan fingerprint density at radius 2 is 2.18 bits per heavy atom. The van der Waals surface area contributed by atoms with Crippen LogP contribution in [0.2, 0.25) is 0 Å². The predicted molar refractivity (Wildman–Crippen MR) is 51.9 cm³/mol. The smallest absolute Gasteiger partial charge is 0.364 e. The van der Waals surface area contributed by atoms with Crippen LogP contribution in [-0.4, -0.2) is 23.0 Å². The zero-order chi connectivity index (χ0) is 13.2. The molecule has 1 heterocycles. The molecule has 0 aliphatic carbocycles. The Hall–Kier alpha value is -2.12. The Bertz CT molecular complexity index is 476. The van der Waals surface area contributed by atoms with E-state index >= 15 is 0 Å². The maximum Gasteiger partial charge on any atom is 0.364 e. The van der Waals surface area contributed by atoms with Crippen molar-refractivity contribution in [1.29, 1.82) is 0 Å². The molecule has 0 bridgehead atoms. The highest BCUT2D eigenvalue weighted by atomic mass is 19.3. The number of aromatic nitrogens is 1. The number of ether oxygens (including phenoxy) is 1. The summed E-state index contributed by atoms with van der Waals surface area (Å²) >= 11 is 0. The Morgan fingerprint density at radius 1 is 1.59 bits per heavy atom. The van der Waals surface area contributed by atoms with Crippen LogP contribution >= 0.6 is 0 Å². The molecule has 92 valence electrons. The summed E-state index contributed by atoms with van der Waals surface area (Å²) in [4.78, 5) is 24.0. The number of carbonyl (C=O) groups excluding carboxylic acids is 1. The van der Waals surface area contributed by atoms with E-state index in [1.165, 1.54) is 6.92 Å². The van der Waals surface area contributed by atoms with Gasteiger partial charge in [-0.2, -0.15) is 0 Å². The lowest BCUT2D eigenvalue weighted by molar-refractivity contribution is -0.389. The van der Waals surface area contributed by atoms with Crippen LogP contribution in [-0.2, 0) is 4.74 Å². The van der Waals surface area contributed by atoms with Gasteiger partial charge in [0, 0.05) is 6.07 Å². The minimum absolute atomic E-state index is 0.0221. The summed E-state index contributed by atoms with van der Waals surface area (Å²) in [7, 11) is 1.03. The molecule has 1 aromatic rings. The molecule has 6 nitrogen and oxygen atoms in total. The first-order valence-electron chi connectivity index (χ1n) is 4.40. The van der Waals surface area contributed by atoms with Crippen LogP contribution in [0.15, 0.2) is 6.07 Å². The van der Waals surface area contributed by atoms with E-state index < -0.39 is 34.4 Å². The number of esters is 1. The fraction of sp³-hybridized carbons (Fsp3) is 0.333. The van der Waals surface area contributed by atoms with Gasteiger partial charge in [0.05, 0.1) is 7.11 Å². The maximum atomic E-state index is 12.7. The van der Waals surface area contributed by atoms with E-state index in [4.69, 9.17) is 0 Å². The van der Waals surface area contributed by atoms with Crippen LogP contribution in [0.25, 0.3) is 0 Å². The van der Waals surface area contributed by atoms with Crippen molar-refractivity contribution >= 4 is 11.8 Å². The summed E-state index contributed by atoms with van der Waals surface area (Å²) < 4.78 is 29.6. The van der Waals surface area contributed by atoms with Gasteiger partial charge in [0.15, 0.2) is 0 Å². The Balaban J connectivity index is 3.49. The average molecular weight is 246 g/mol. The van der Waals surface area contributed by atoms with Crippen LogP contribution in [0.3, 0.4) is 0 Å². The highest BCUT2D eigenvalue weighted by Gasteiger charge is 2.30. The first-order valence-corrected chi connectivity index (χ1v) is 4.40. The lowest BCUT2D eigenvalue weighted by Gasteiger charge is -2.06. The molecule has 0 atom stereocenters. The van der Waals surface area contributed by atoms with E-state index in [2.05, 4.69) is 9.72 Å². The van der Waals surface area contributed by atoms with Gasteiger partial charge in [-0.1, -0.05) is 0 Å². The largest absolute Gasteiger partial charge is 0.465 e. The third-order valence-corrected chi connectivity index (χ3v) is 2.01. The number of nitro groups is 1. The monoisotopic (exact) mass is 246 g/mol. The molecule has 1 aromatic heterocycles. The number of alkyl halides is 2. The van der Waals surface area contributed by atoms with Crippen molar-refractivity contribution in [2.75, 3.05) is 7.11 Å². The van der Waals surface area contributed by atoms with Gasteiger partial charge in [0.2, 0.25) is 5.69 Å². The molecule has 17 heavy (non-hydrogen) atoms. The van der Waals surface area contributed by atoms with Gasteiger partial charge in [-0.05, 0) is 22.4 Å². The van der Waals surface area contributed by atoms with E-state index in [0.29, 0.717) is 0 Å². The minimum Gasteiger partial charge on any atom is -0.465 e. The average Bonchev–Trinajstić information content (AvgIpc) is 2.26. The van der Waals surface area contributed by atoms with Gasteiger partial charge in [-0.25, -0.2) is 13.6 Å². The summed E-state index contributed by atoms with van der Waals surface area (Å²) in [5.74, 6) is -1.73. The normalized spacial score (nSPS) is 10.4. The highest BCUT2D eigenvalue weighted by molar-refractivity contribution is 5.92. The number of halogens is 2. The number of rotatable bonds is 3. The maximum absolute atomic E-state index is 12.7. The number of carbonyl (C=O) groups is 1. The molecule has 0 aliphatic heterocycles. The predicted octanol–water partition coefficient (Wildman–Crippen LogP) is 2.02. The summed E-state index contributed by atoms with van der Waals surface area (Å²) in [5.41, 5.74) is -1.36. The molecule has 0 aromatic carbocycles. The molecule has 0 saturated carbocycles. The summed E-state index contributed by atoms with van der Waals surface area (Å²) in [6.45, 7) is 1.30. The van der Waals surface area contributed by atoms with Crippen LogP contribution in [0.5, 0.6) is 0 Å². The second-order valence-corrected chi connectivity index (χ2v) is 3.11. The number of nitrogens with zero attached hydrogens (tertiary/aromatic N) is 2. The second-order valence-electron chi connectivity index (χ2n) is 3.11. The molecule has 1 rings (SSSR count). The number of methoxy groups -OCH3 is 1. The van der Waals surface area contributed by atoms with Crippen LogP contribution in [0.1, 0.15) is 28.0 Å². The van der Waals surface area contributed by atoms with Crippen molar-refractivity contribution in [2.45, 2.75) is 13.3 Å². The van der Waals surface area contributed by atoms with E-state index in [1.807, 2.05) is 0 Å². The van der Waals surface area contributed by atoms with E-state index in [9.17, 15) is 23.7 Å². The van der Waals surface area contributed by atoms with Crippen molar-refractivity contribution < 1.29 is 23.2 Å². The van der Waals surface area contributed by atoms with E-state index in [-0.39, 0.29) is 5.56 Å². The van der Waals surface area contributed by atoms with Crippen LogP contribution < -0.4 is 0 Å². The molecular weight excluding hydrogens is 238 g/mol. The fourth-order valence-corrected chi connectivity index (χ4v) is 1.30. The zero-order valence-electron chi connectivity index (χ0n) is 8.94. The number of hydrogen-bond acceptors (Lipinski definition) is 5. The van der Waals surface area contributed by atoms with Crippen molar-refractivity contribution in [3.05, 3.63) is 33.0 Å². The van der Waals surface area contributed by atoms with Crippen molar-refractivity contribution in [1.82, 2.24) is 4.98 Å². The molecule has 0 amide bonds. The zero-order valence-corrected chi connectivity index (χ0v) is 8.94. The third-order valence-electron chi connectivity index (χ3n) is 2.01. The minimum atomic E-state index is -3.09. The highest BCUT2D eigenvalue weighted by Crippen LogP contribution is 2.27. The molecule has 0 spiro atoms. The lowest BCUT2D eigenvalue weighted by atomic mass is 10.1. The molecular formula is C9H8F2N2O4. The molecule has 0 radical (unpaired) electrons. The van der Waals surface area contributed by atoms with Gasteiger partial charge in [0.1, 0.15) is 5.56 Å². The van der Waals surface area contributed by atoms with Gasteiger partial charge in [0.25, 0.3) is 0 Å². The van der Waals surface area contributed by atoms with Crippen molar-refractivity contribution in [3.63, 3.8) is 0 Å². The molecule has 0 aliphatic rings. The topological polar surface area (TPSA) is 82.3 Å². The van der Waals surface area contributed by atoms with E-state index in [0.717, 1.165) is 13.2 Å². The second kappa shape index (κ2) is 4.81. The number of pyridine rings is 1. The molecule has 0 saturated heterocycles. The van der Waals surface area contributed by atoms with Gasteiger partial charge < -0.3 is 14.9 Å². The van der Waals surface area contributed by atoms with E-state index in [1.54, 1.807) is 0 Å². The fourth-order valence-electron chi connectivity index (χ4n) is 1.30. The SMILES string of the molecule is COC(=O)c1c(C)cc([N+](=O)[O-])nc1C(F)F. The lowest BCUT2D eigenvalue weighted by Crippen LogP contribution is -2.12. The van der Waals surface area contributed by atoms with Gasteiger partial charge in [-0.15, -0.1) is 0 Å². The van der Waals surface area contributed by atoms with Crippen LogP contribution in [0, 0.1) is 17.0 Å². The van der Waals surface area contributed by atoms with Crippen molar-refractivity contribution in [2.24, 2.45) is 0 Å². The summed E-state index contributed by atoms with van der Waals surface area (Å²) in [6, 6.07) is 0.943. The first-order chi connectivity index (χ1) is 7.88. The first kappa shape index (κ1) is 12.9. The summed E-state index contributed by atoms with van der Waals surface area (Å²) in [6.07, 6.45) is -3.09. The Kier molecular flexibility index (Phi) is 3.66. The van der Waals surface area contributed by atoms with Gasteiger partial charge >= 0.3 is 18.2 Å². The quantitative estimate of drug-likeness (QED) is 0.463. The van der Waals surface area contributed by atoms with Crippen LogP contribution in [0.4, 0.5) is 14.6 Å². The number of hydrogen-bond donors (Lipinski definition) is 0. The standard InChI is InChI=1S/C9H8F2N2O4/c1-4-3-5(13(15)16)12-7(8(10)11)6(4)9(14)17-2/h3,8H,1-2H3. The Morgan fingerprint density at radius 3 is 2.59 bits per heavy atom.